The van der Waals surface area contributed by atoms with Crippen molar-refractivity contribution in [3.8, 4) is 0 Å². The van der Waals surface area contributed by atoms with Crippen molar-refractivity contribution in [1.29, 1.82) is 0 Å². The summed E-state index contributed by atoms with van der Waals surface area (Å²) in [4.78, 5) is 0. The number of imidazole rings is 1. The average molecular weight is 270 g/mol. The molecule has 11 heavy (non-hydrogen) atoms. The van der Waals surface area contributed by atoms with Crippen molar-refractivity contribution >= 4 is 7.32 Å². The van der Waals surface area contributed by atoms with Crippen molar-refractivity contribution in [1.82, 2.24) is 4.73 Å². The molecule has 0 unspecified atom stereocenters. The third-order valence-corrected chi connectivity index (χ3v) is 0.961. The lowest BCUT2D eigenvalue weighted by atomic mass is 10.3. The molecule has 0 fully saturated rings. The molecule has 0 aliphatic rings. The summed E-state index contributed by atoms with van der Waals surface area (Å²) in [6, 6.07) is 0. The summed E-state index contributed by atoms with van der Waals surface area (Å²) in [6.07, 6.45) is 4.82. The van der Waals surface area contributed by atoms with Crippen LogP contribution >= 0.6 is 0 Å². The van der Waals surface area contributed by atoms with E-state index in [1.165, 1.54) is 4.73 Å². The number of hydrogen-bond acceptors (Lipinski definition) is 3. The first-order chi connectivity index (χ1) is 4.68. The summed E-state index contributed by atoms with van der Waals surface area (Å²) in [7, 11) is 0.0243. The summed E-state index contributed by atoms with van der Waals surface area (Å²) < 4.78 is 7.35. The smallest absolute Gasteiger partial charge is 0.747 e. The van der Waals surface area contributed by atoms with Gasteiger partial charge in [0.1, 0.15) is 6.20 Å². The standard InChI is InChI=1S/C4H8BN2O3.HI/c1-6-2-3-7(4-6)10-5(8)9;/h2-4,8-9H,1H3;1H/q+1;/p-1. The van der Waals surface area contributed by atoms with E-state index in [1.807, 2.05) is 0 Å². The largest absolute Gasteiger partial charge is 1.00 e. The number of rotatable bonds is 2. The maximum absolute atomic E-state index is 8.32. The van der Waals surface area contributed by atoms with Gasteiger partial charge in [-0.25, -0.2) is 4.57 Å². The Balaban J connectivity index is 0.000001000. The normalized spacial score (nSPS) is 8.64. The maximum Gasteiger partial charge on any atom is 0.747 e. The molecule has 0 saturated carbocycles. The first kappa shape index (κ1) is 10.7. The van der Waals surface area contributed by atoms with Crippen LogP contribution in [0.2, 0.25) is 0 Å². The van der Waals surface area contributed by atoms with Crippen LogP contribution in [-0.2, 0) is 7.05 Å². The second kappa shape index (κ2) is 4.57. The van der Waals surface area contributed by atoms with Crippen molar-refractivity contribution < 1.29 is 43.3 Å². The summed E-state index contributed by atoms with van der Waals surface area (Å²) >= 11 is 0. The van der Waals surface area contributed by atoms with E-state index >= 15 is 0 Å². The van der Waals surface area contributed by atoms with Gasteiger partial charge in [-0.1, -0.05) is 4.73 Å². The second-order valence-electron chi connectivity index (χ2n) is 1.87. The van der Waals surface area contributed by atoms with E-state index in [1.54, 1.807) is 30.3 Å². The first-order valence-electron chi connectivity index (χ1n) is 2.75. The Morgan fingerprint density at radius 2 is 2.18 bits per heavy atom. The van der Waals surface area contributed by atoms with Gasteiger partial charge in [0.25, 0.3) is 6.33 Å². The maximum atomic E-state index is 8.32. The van der Waals surface area contributed by atoms with E-state index in [9.17, 15) is 0 Å². The van der Waals surface area contributed by atoms with Gasteiger partial charge in [-0.15, -0.1) is 0 Å². The molecular formula is C4H8BIN2O3. The fourth-order valence-corrected chi connectivity index (χ4v) is 0.599. The van der Waals surface area contributed by atoms with Gasteiger partial charge in [-0.3, -0.25) is 0 Å². The van der Waals surface area contributed by atoms with E-state index in [0.717, 1.165) is 0 Å². The third-order valence-electron chi connectivity index (χ3n) is 0.961. The monoisotopic (exact) mass is 270 g/mol. The van der Waals surface area contributed by atoms with E-state index in [2.05, 4.69) is 4.76 Å². The number of hydrogen-bond donors (Lipinski definition) is 2. The molecule has 2 N–H and O–H groups in total. The Morgan fingerprint density at radius 1 is 1.55 bits per heavy atom. The van der Waals surface area contributed by atoms with Crippen molar-refractivity contribution in [2.75, 3.05) is 0 Å². The summed E-state index contributed by atoms with van der Waals surface area (Å²) in [5, 5.41) is 16.6. The molecule has 0 amide bonds. The number of halogens is 1. The van der Waals surface area contributed by atoms with Gasteiger partial charge in [-0.05, 0) is 0 Å². The highest BCUT2D eigenvalue weighted by Crippen LogP contribution is 1.77. The van der Waals surface area contributed by atoms with Crippen molar-refractivity contribution in [2.24, 2.45) is 7.05 Å². The molecule has 0 aliphatic heterocycles. The SMILES string of the molecule is C[n+]1ccn(OB(O)O)c1.[I-]. The summed E-state index contributed by atoms with van der Waals surface area (Å²) in [5.74, 6) is 0. The zero-order valence-electron chi connectivity index (χ0n) is 5.88. The van der Waals surface area contributed by atoms with E-state index in [0.29, 0.717) is 0 Å². The van der Waals surface area contributed by atoms with Gasteiger partial charge in [0, 0.05) is 0 Å². The molecule has 0 bridgehead atoms. The topological polar surface area (TPSA) is 58.5 Å². The lowest BCUT2D eigenvalue weighted by Gasteiger charge is -1.93. The van der Waals surface area contributed by atoms with Crippen molar-refractivity contribution in [3.05, 3.63) is 18.7 Å². The van der Waals surface area contributed by atoms with Crippen LogP contribution in [-0.4, -0.2) is 22.1 Å². The fraction of sp³-hybridized carbons (Fsp3) is 0.250. The average Bonchev–Trinajstić information content (AvgIpc) is 2.13. The molecule has 1 aromatic heterocycles. The molecule has 0 spiro atoms. The third kappa shape index (κ3) is 3.58. The Morgan fingerprint density at radius 3 is 2.55 bits per heavy atom. The molecule has 7 heteroatoms. The highest BCUT2D eigenvalue weighted by atomic mass is 127. The molecule has 5 nitrogen and oxygen atoms in total. The van der Waals surface area contributed by atoms with Crippen LogP contribution in [0.15, 0.2) is 18.7 Å². The Bertz CT molecular complexity index is 217. The molecule has 1 aromatic rings. The number of aryl methyl sites for hydroxylation is 1. The van der Waals surface area contributed by atoms with Crippen LogP contribution in [0.5, 0.6) is 0 Å². The van der Waals surface area contributed by atoms with Gasteiger partial charge >= 0.3 is 7.32 Å². The molecule has 0 aromatic carbocycles. The van der Waals surface area contributed by atoms with Gasteiger partial charge in [0.2, 0.25) is 0 Å². The first-order valence-corrected chi connectivity index (χ1v) is 2.75. The molecular weight excluding hydrogens is 262 g/mol. The zero-order valence-corrected chi connectivity index (χ0v) is 8.04. The fourth-order valence-electron chi connectivity index (χ4n) is 0.599. The van der Waals surface area contributed by atoms with Crippen LogP contribution in [0, 0.1) is 0 Å². The van der Waals surface area contributed by atoms with Crippen LogP contribution in [0.3, 0.4) is 0 Å². The lowest BCUT2D eigenvalue weighted by molar-refractivity contribution is -0.671. The van der Waals surface area contributed by atoms with Crippen LogP contribution in [0.4, 0.5) is 0 Å². The summed E-state index contributed by atoms with van der Waals surface area (Å²) in [6.45, 7) is 0. The quantitative estimate of drug-likeness (QED) is 0.320. The van der Waals surface area contributed by atoms with E-state index in [-0.39, 0.29) is 24.0 Å². The highest BCUT2D eigenvalue weighted by molar-refractivity contribution is 6.32. The highest BCUT2D eigenvalue weighted by Gasteiger charge is 2.15. The van der Waals surface area contributed by atoms with Gasteiger partial charge < -0.3 is 38.8 Å². The number of aromatic nitrogens is 2. The van der Waals surface area contributed by atoms with E-state index in [4.69, 9.17) is 10.0 Å². The Labute approximate surface area is 81.4 Å². The molecule has 1 rings (SSSR count). The van der Waals surface area contributed by atoms with Crippen LogP contribution < -0.4 is 33.3 Å². The predicted molar refractivity (Wildman–Crippen MR) is 32.4 cm³/mol. The zero-order chi connectivity index (χ0) is 7.56. The van der Waals surface area contributed by atoms with Crippen LogP contribution in [0.25, 0.3) is 0 Å². The van der Waals surface area contributed by atoms with Gasteiger partial charge in [-0.2, -0.15) is 0 Å². The van der Waals surface area contributed by atoms with Crippen molar-refractivity contribution in [2.45, 2.75) is 0 Å². The van der Waals surface area contributed by atoms with Gasteiger partial charge in [0.15, 0.2) is 6.20 Å². The minimum Gasteiger partial charge on any atom is -1.00 e. The van der Waals surface area contributed by atoms with E-state index < -0.39 is 7.32 Å². The molecule has 62 valence electrons. The minimum atomic E-state index is -1.77. The molecule has 0 saturated heterocycles. The molecule has 0 aliphatic carbocycles. The Kier molecular flexibility index (Phi) is 4.46. The number of nitrogens with zero attached hydrogens (tertiary/aromatic N) is 2. The second-order valence-corrected chi connectivity index (χ2v) is 1.87. The molecule has 1 heterocycles. The van der Waals surface area contributed by atoms with Gasteiger partial charge in [0.05, 0.1) is 7.05 Å². The lowest BCUT2D eigenvalue weighted by Crippen LogP contribution is -3.00. The van der Waals surface area contributed by atoms with Crippen LogP contribution in [0.1, 0.15) is 0 Å². The predicted octanol–water partition coefficient (Wildman–Crippen LogP) is -5.29. The molecule has 0 radical (unpaired) electrons. The summed E-state index contributed by atoms with van der Waals surface area (Å²) in [5.41, 5.74) is 0. The minimum absolute atomic E-state index is 0. The van der Waals surface area contributed by atoms with Crippen molar-refractivity contribution in [3.63, 3.8) is 0 Å². The molecule has 0 atom stereocenters. The Hall–Kier alpha value is -0.275.